The lowest BCUT2D eigenvalue weighted by Crippen LogP contribution is -1.95. The lowest BCUT2D eigenvalue weighted by Gasteiger charge is -2.01. The van der Waals surface area contributed by atoms with Crippen LogP contribution in [0.4, 0.5) is 0 Å². The second-order valence-corrected chi connectivity index (χ2v) is 5.88. The molecule has 0 atom stereocenters. The van der Waals surface area contributed by atoms with Crippen LogP contribution in [0.3, 0.4) is 0 Å². The lowest BCUT2D eigenvalue weighted by molar-refractivity contribution is 0.0697. The Balaban J connectivity index is 2.11. The highest BCUT2D eigenvalue weighted by molar-refractivity contribution is 7.09. The number of aromatic nitrogens is 1. The Kier molecular flexibility index (Phi) is 4.32. The van der Waals surface area contributed by atoms with E-state index in [1.165, 1.54) is 0 Å². The monoisotopic (exact) mass is 275 g/mol. The van der Waals surface area contributed by atoms with Crippen LogP contribution in [-0.4, -0.2) is 16.1 Å². The molecule has 0 bridgehead atoms. The van der Waals surface area contributed by atoms with Crippen molar-refractivity contribution in [1.29, 1.82) is 0 Å². The summed E-state index contributed by atoms with van der Waals surface area (Å²) in [4.78, 5) is 15.4. The zero-order chi connectivity index (χ0) is 13.8. The van der Waals surface area contributed by atoms with Crippen molar-refractivity contribution in [2.45, 2.75) is 26.7 Å². The first-order valence-corrected chi connectivity index (χ1v) is 7.22. The highest BCUT2D eigenvalue weighted by Crippen LogP contribution is 2.23. The van der Waals surface area contributed by atoms with Crippen molar-refractivity contribution < 1.29 is 9.90 Å². The summed E-state index contributed by atoms with van der Waals surface area (Å²) in [7, 11) is 0. The summed E-state index contributed by atoms with van der Waals surface area (Å²) in [6, 6.07) is 6.85. The SMILES string of the molecule is CC(C)CCc1nc(-c2ccc(C(=O)O)cc2)cs1. The van der Waals surface area contributed by atoms with Crippen LogP contribution in [0.25, 0.3) is 11.3 Å². The molecule has 4 heteroatoms. The Hall–Kier alpha value is -1.68. The predicted octanol–water partition coefficient (Wildman–Crippen LogP) is 4.10. The van der Waals surface area contributed by atoms with Crippen molar-refractivity contribution in [3.8, 4) is 11.3 Å². The largest absolute Gasteiger partial charge is 0.478 e. The molecule has 0 saturated heterocycles. The smallest absolute Gasteiger partial charge is 0.335 e. The molecule has 2 aromatic rings. The van der Waals surface area contributed by atoms with E-state index in [4.69, 9.17) is 5.11 Å². The zero-order valence-electron chi connectivity index (χ0n) is 11.1. The van der Waals surface area contributed by atoms with Crippen LogP contribution in [-0.2, 0) is 6.42 Å². The Morgan fingerprint density at radius 1 is 1.32 bits per heavy atom. The average molecular weight is 275 g/mol. The molecule has 3 nitrogen and oxygen atoms in total. The number of benzene rings is 1. The fourth-order valence-electron chi connectivity index (χ4n) is 1.75. The van der Waals surface area contributed by atoms with E-state index in [0.29, 0.717) is 11.5 Å². The van der Waals surface area contributed by atoms with Gasteiger partial charge in [0.1, 0.15) is 0 Å². The van der Waals surface area contributed by atoms with Gasteiger partial charge in [-0.25, -0.2) is 9.78 Å². The number of carbonyl (C=O) groups is 1. The Morgan fingerprint density at radius 2 is 2.00 bits per heavy atom. The van der Waals surface area contributed by atoms with E-state index < -0.39 is 5.97 Å². The number of hydrogen-bond donors (Lipinski definition) is 1. The molecule has 0 saturated carbocycles. The van der Waals surface area contributed by atoms with E-state index in [2.05, 4.69) is 18.8 Å². The number of carboxylic acid groups (broad SMARTS) is 1. The molecular weight excluding hydrogens is 258 g/mol. The Morgan fingerprint density at radius 3 is 2.58 bits per heavy atom. The summed E-state index contributed by atoms with van der Waals surface area (Å²) >= 11 is 1.67. The highest BCUT2D eigenvalue weighted by Gasteiger charge is 2.07. The molecule has 1 aromatic carbocycles. The van der Waals surface area contributed by atoms with Gasteiger partial charge < -0.3 is 5.11 Å². The quantitative estimate of drug-likeness (QED) is 0.893. The number of rotatable bonds is 5. The molecule has 0 aliphatic carbocycles. The van der Waals surface area contributed by atoms with Gasteiger partial charge in [0, 0.05) is 10.9 Å². The molecule has 100 valence electrons. The maximum atomic E-state index is 10.8. The second-order valence-electron chi connectivity index (χ2n) is 4.94. The van der Waals surface area contributed by atoms with Crippen molar-refractivity contribution in [2.75, 3.05) is 0 Å². The van der Waals surface area contributed by atoms with E-state index in [1.807, 2.05) is 17.5 Å². The van der Waals surface area contributed by atoms with Gasteiger partial charge in [0.05, 0.1) is 16.3 Å². The predicted molar refractivity (Wildman–Crippen MR) is 77.7 cm³/mol. The third-order valence-corrected chi connectivity index (χ3v) is 3.82. The minimum atomic E-state index is -0.901. The molecule has 0 radical (unpaired) electrons. The highest BCUT2D eigenvalue weighted by atomic mass is 32.1. The molecule has 0 fully saturated rings. The third kappa shape index (κ3) is 3.64. The van der Waals surface area contributed by atoms with Crippen molar-refractivity contribution in [3.63, 3.8) is 0 Å². The van der Waals surface area contributed by atoms with Crippen molar-refractivity contribution >= 4 is 17.3 Å². The number of hydrogen-bond acceptors (Lipinski definition) is 3. The van der Waals surface area contributed by atoms with Crippen molar-refractivity contribution in [2.24, 2.45) is 5.92 Å². The Labute approximate surface area is 116 Å². The summed E-state index contributed by atoms with van der Waals surface area (Å²) in [5.41, 5.74) is 2.21. The zero-order valence-corrected chi connectivity index (χ0v) is 11.9. The number of nitrogens with zero attached hydrogens (tertiary/aromatic N) is 1. The first-order valence-electron chi connectivity index (χ1n) is 6.34. The van der Waals surface area contributed by atoms with Gasteiger partial charge in [0.2, 0.25) is 0 Å². The van der Waals surface area contributed by atoms with Crippen LogP contribution in [0.2, 0.25) is 0 Å². The number of aromatic carboxylic acids is 1. The maximum absolute atomic E-state index is 10.8. The molecule has 0 amide bonds. The van der Waals surface area contributed by atoms with Crippen molar-refractivity contribution in [1.82, 2.24) is 4.98 Å². The first kappa shape index (κ1) is 13.7. The average Bonchev–Trinajstić information content (AvgIpc) is 2.85. The van der Waals surface area contributed by atoms with E-state index in [9.17, 15) is 4.79 Å². The van der Waals surface area contributed by atoms with Gasteiger partial charge in [0.25, 0.3) is 0 Å². The van der Waals surface area contributed by atoms with Crippen LogP contribution < -0.4 is 0 Å². The summed E-state index contributed by atoms with van der Waals surface area (Å²) in [5, 5.41) is 12.0. The maximum Gasteiger partial charge on any atom is 0.335 e. The van der Waals surface area contributed by atoms with Gasteiger partial charge in [-0.1, -0.05) is 26.0 Å². The van der Waals surface area contributed by atoms with Gasteiger partial charge in [-0.3, -0.25) is 0 Å². The van der Waals surface area contributed by atoms with Gasteiger partial charge in [-0.2, -0.15) is 0 Å². The summed E-state index contributed by atoms with van der Waals surface area (Å²) in [6.07, 6.45) is 2.15. The normalized spacial score (nSPS) is 10.9. The number of carboxylic acids is 1. The van der Waals surface area contributed by atoms with E-state index in [-0.39, 0.29) is 0 Å². The fraction of sp³-hybridized carbons (Fsp3) is 0.333. The fourth-order valence-corrected chi connectivity index (χ4v) is 2.58. The second kappa shape index (κ2) is 5.97. The first-order chi connectivity index (χ1) is 9.06. The topological polar surface area (TPSA) is 50.2 Å². The third-order valence-electron chi connectivity index (χ3n) is 2.91. The van der Waals surface area contributed by atoms with Crippen molar-refractivity contribution in [3.05, 3.63) is 40.2 Å². The molecule has 1 heterocycles. The molecule has 1 aromatic heterocycles. The standard InChI is InChI=1S/C15H17NO2S/c1-10(2)3-8-14-16-13(9-19-14)11-4-6-12(7-5-11)15(17)18/h4-7,9-10H,3,8H2,1-2H3,(H,17,18). The minimum Gasteiger partial charge on any atom is -0.478 e. The molecule has 1 N–H and O–H groups in total. The number of thiazole rings is 1. The molecule has 0 spiro atoms. The van der Waals surface area contributed by atoms with Gasteiger partial charge in [-0.05, 0) is 30.9 Å². The molecule has 0 aliphatic heterocycles. The van der Waals surface area contributed by atoms with Gasteiger partial charge in [-0.15, -0.1) is 11.3 Å². The summed E-state index contributed by atoms with van der Waals surface area (Å²) in [5.74, 6) is -0.218. The van der Waals surface area contributed by atoms with Crippen LogP contribution in [0.5, 0.6) is 0 Å². The molecule has 0 unspecified atom stereocenters. The Bertz CT molecular complexity index is 558. The number of aryl methyl sites for hydroxylation is 1. The van der Waals surface area contributed by atoms with Crippen LogP contribution in [0, 0.1) is 5.92 Å². The summed E-state index contributed by atoms with van der Waals surface area (Å²) < 4.78 is 0. The molecule has 19 heavy (non-hydrogen) atoms. The van der Waals surface area contributed by atoms with Crippen LogP contribution in [0.1, 0.15) is 35.6 Å². The minimum absolute atomic E-state index is 0.305. The van der Waals surface area contributed by atoms with Gasteiger partial charge in [0.15, 0.2) is 0 Å². The van der Waals surface area contributed by atoms with E-state index >= 15 is 0 Å². The molecular formula is C15H17NO2S. The van der Waals surface area contributed by atoms with E-state index in [0.717, 1.165) is 29.1 Å². The molecule has 0 aliphatic rings. The molecule has 2 rings (SSSR count). The van der Waals surface area contributed by atoms with E-state index in [1.54, 1.807) is 23.5 Å². The summed E-state index contributed by atoms with van der Waals surface area (Å²) in [6.45, 7) is 4.41. The lowest BCUT2D eigenvalue weighted by atomic mass is 10.1. The van der Waals surface area contributed by atoms with Crippen LogP contribution in [0.15, 0.2) is 29.6 Å². The van der Waals surface area contributed by atoms with Crippen LogP contribution >= 0.6 is 11.3 Å². The van der Waals surface area contributed by atoms with Gasteiger partial charge >= 0.3 is 5.97 Å².